The van der Waals surface area contributed by atoms with E-state index in [-0.39, 0.29) is 17.8 Å². The first-order chi connectivity index (χ1) is 14.6. The van der Waals surface area contributed by atoms with E-state index in [2.05, 4.69) is 15.0 Å². The van der Waals surface area contributed by atoms with Crippen LogP contribution in [0.5, 0.6) is 0 Å². The van der Waals surface area contributed by atoms with Gasteiger partial charge in [0.15, 0.2) is 0 Å². The van der Waals surface area contributed by atoms with Crippen molar-refractivity contribution in [2.24, 2.45) is 17.5 Å². The van der Waals surface area contributed by atoms with Crippen molar-refractivity contribution < 1.29 is 0 Å². The van der Waals surface area contributed by atoms with Crippen molar-refractivity contribution >= 4 is 34.9 Å². The molecule has 4 aromatic rings. The molecule has 0 aliphatic rings. The van der Waals surface area contributed by atoms with Gasteiger partial charge in [-0.25, -0.2) is 32.6 Å². The number of para-hydroxylation sites is 3. The van der Waals surface area contributed by atoms with Crippen molar-refractivity contribution in [1.29, 1.82) is 0 Å². The topological polar surface area (TPSA) is 126 Å². The number of aromatic nitrogens is 3. The number of hydrogen-bond donors (Lipinski definition) is 3. The Morgan fingerprint density at radius 2 is 0.633 bits per heavy atom. The molecule has 0 saturated heterocycles. The average molecular weight is 399 g/mol. The lowest BCUT2D eigenvalue weighted by Gasteiger charge is -2.23. The van der Waals surface area contributed by atoms with Crippen LogP contribution >= 0.6 is 0 Å². The van der Waals surface area contributed by atoms with E-state index in [9.17, 15) is 0 Å². The van der Waals surface area contributed by atoms with Crippen molar-refractivity contribution in [2.45, 2.75) is 0 Å². The monoisotopic (exact) mass is 399 g/mol. The van der Waals surface area contributed by atoms with Crippen LogP contribution in [-0.4, -0.2) is 15.0 Å². The highest BCUT2D eigenvalue weighted by Gasteiger charge is 2.19. The summed E-state index contributed by atoms with van der Waals surface area (Å²) in [4.78, 5) is 13.4. The number of nitrogens with two attached hydrogens (primary N) is 3. The second kappa shape index (κ2) is 8.53. The zero-order valence-electron chi connectivity index (χ0n) is 16.1. The van der Waals surface area contributed by atoms with E-state index in [0.29, 0.717) is 17.1 Å². The smallest absolute Gasteiger partial charge is 0.246 e. The van der Waals surface area contributed by atoms with E-state index < -0.39 is 0 Å². The van der Waals surface area contributed by atoms with Gasteiger partial charge in [-0.1, -0.05) is 54.6 Å². The molecule has 9 nitrogen and oxygen atoms in total. The predicted molar refractivity (Wildman–Crippen MR) is 118 cm³/mol. The fourth-order valence-electron chi connectivity index (χ4n) is 2.78. The summed E-state index contributed by atoms with van der Waals surface area (Å²) >= 11 is 0. The Morgan fingerprint density at radius 3 is 0.867 bits per heavy atom. The zero-order chi connectivity index (χ0) is 20.9. The molecular weight excluding hydrogens is 378 g/mol. The van der Waals surface area contributed by atoms with E-state index in [4.69, 9.17) is 17.5 Å². The van der Waals surface area contributed by atoms with Crippen LogP contribution in [0.2, 0.25) is 0 Å². The number of anilines is 6. The van der Waals surface area contributed by atoms with Crippen LogP contribution < -0.4 is 32.6 Å². The van der Waals surface area contributed by atoms with Gasteiger partial charge in [0.05, 0.1) is 17.1 Å². The molecule has 1 heterocycles. The summed E-state index contributed by atoms with van der Waals surface area (Å²) in [7, 11) is 0. The summed E-state index contributed by atoms with van der Waals surface area (Å²) in [6.07, 6.45) is 0. The van der Waals surface area contributed by atoms with Gasteiger partial charge in [-0.05, 0) is 36.4 Å². The highest BCUT2D eigenvalue weighted by atomic mass is 15.6. The van der Waals surface area contributed by atoms with E-state index in [0.717, 1.165) is 0 Å². The highest BCUT2D eigenvalue weighted by Crippen LogP contribution is 2.26. The van der Waals surface area contributed by atoms with Gasteiger partial charge in [-0.15, -0.1) is 0 Å². The fourth-order valence-corrected chi connectivity index (χ4v) is 2.78. The molecule has 4 rings (SSSR count). The Balaban J connectivity index is 1.79. The Bertz CT molecular complexity index is 937. The maximum atomic E-state index is 6.29. The Kier molecular flexibility index (Phi) is 5.48. The Morgan fingerprint density at radius 1 is 0.400 bits per heavy atom. The van der Waals surface area contributed by atoms with E-state index in [1.807, 2.05) is 91.0 Å². The lowest BCUT2D eigenvalue weighted by Crippen LogP contribution is -2.34. The van der Waals surface area contributed by atoms with Gasteiger partial charge in [0.1, 0.15) is 0 Å². The molecule has 1 aromatic heterocycles. The van der Waals surface area contributed by atoms with Gasteiger partial charge in [-0.3, -0.25) is 0 Å². The molecule has 0 aliphatic heterocycles. The average Bonchev–Trinajstić information content (AvgIpc) is 2.84. The van der Waals surface area contributed by atoms with Crippen molar-refractivity contribution in [3.05, 3.63) is 91.0 Å². The number of hydrazine groups is 3. The van der Waals surface area contributed by atoms with E-state index >= 15 is 0 Å². The molecule has 0 fully saturated rings. The molecule has 0 bridgehead atoms. The SMILES string of the molecule is NN(c1ccccc1)c1nc(N(N)c2ccccc2)nc(N(N)c2ccccc2)n1. The standard InChI is InChI=1S/C21H21N9/c22-28(16-10-4-1-5-11-16)19-25-20(29(23)17-12-6-2-7-13-17)27-21(26-19)30(24)18-14-8-3-9-15-18/h1-15H,22-24H2. The first-order valence-electron chi connectivity index (χ1n) is 9.19. The maximum absolute atomic E-state index is 6.29. The third-order valence-electron chi connectivity index (χ3n) is 4.35. The number of rotatable bonds is 6. The summed E-state index contributed by atoms with van der Waals surface area (Å²) in [6, 6.07) is 28.0. The van der Waals surface area contributed by atoms with Gasteiger partial charge in [-0.2, -0.15) is 15.0 Å². The van der Waals surface area contributed by atoms with Gasteiger partial charge >= 0.3 is 0 Å². The normalized spacial score (nSPS) is 10.5. The van der Waals surface area contributed by atoms with Gasteiger partial charge in [0, 0.05) is 0 Å². The fraction of sp³-hybridized carbons (Fsp3) is 0. The molecule has 6 N–H and O–H groups in total. The Hall–Kier alpha value is -4.05. The van der Waals surface area contributed by atoms with Crippen molar-refractivity contribution in [3.8, 4) is 0 Å². The summed E-state index contributed by atoms with van der Waals surface area (Å²) < 4.78 is 0. The van der Waals surface area contributed by atoms with Crippen LogP contribution in [0.1, 0.15) is 0 Å². The molecule has 0 aliphatic carbocycles. The molecule has 150 valence electrons. The molecule has 0 spiro atoms. The molecule has 9 heteroatoms. The molecule has 0 amide bonds. The lowest BCUT2D eigenvalue weighted by molar-refractivity contribution is 0.873. The van der Waals surface area contributed by atoms with Gasteiger partial charge in [0.2, 0.25) is 0 Å². The number of hydrogen-bond acceptors (Lipinski definition) is 9. The van der Waals surface area contributed by atoms with Crippen LogP contribution in [0, 0.1) is 0 Å². The predicted octanol–water partition coefficient (Wildman–Crippen LogP) is 2.91. The molecule has 30 heavy (non-hydrogen) atoms. The minimum Gasteiger partial charge on any atom is -0.246 e. The number of nitrogens with zero attached hydrogens (tertiary/aromatic N) is 6. The third kappa shape index (κ3) is 4.03. The molecule has 0 atom stereocenters. The largest absolute Gasteiger partial charge is 0.251 e. The molecule has 3 aromatic carbocycles. The molecule has 0 radical (unpaired) electrons. The minimum absolute atomic E-state index is 0.193. The second-order valence-corrected chi connectivity index (χ2v) is 6.35. The Labute approximate surface area is 173 Å². The van der Waals surface area contributed by atoms with Crippen LogP contribution in [0.25, 0.3) is 0 Å². The van der Waals surface area contributed by atoms with Crippen molar-refractivity contribution in [3.63, 3.8) is 0 Å². The molecular formula is C21H21N9. The summed E-state index contributed by atoms with van der Waals surface area (Å²) in [6.45, 7) is 0. The van der Waals surface area contributed by atoms with Crippen LogP contribution in [0.4, 0.5) is 34.9 Å². The first-order valence-corrected chi connectivity index (χ1v) is 9.19. The van der Waals surface area contributed by atoms with Crippen molar-refractivity contribution in [1.82, 2.24) is 15.0 Å². The maximum Gasteiger partial charge on any atom is 0.251 e. The highest BCUT2D eigenvalue weighted by molar-refractivity contribution is 5.63. The second-order valence-electron chi connectivity index (χ2n) is 6.35. The van der Waals surface area contributed by atoms with Gasteiger partial charge < -0.3 is 0 Å². The van der Waals surface area contributed by atoms with Gasteiger partial charge in [0.25, 0.3) is 17.8 Å². The number of benzene rings is 3. The quantitative estimate of drug-likeness (QED) is 0.331. The van der Waals surface area contributed by atoms with Crippen LogP contribution in [-0.2, 0) is 0 Å². The lowest BCUT2D eigenvalue weighted by atomic mass is 10.3. The van der Waals surface area contributed by atoms with Crippen LogP contribution in [0.3, 0.4) is 0 Å². The first kappa shape index (κ1) is 19.3. The third-order valence-corrected chi connectivity index (χ3v) is 4.35. The summed E-state index contributed by atoms with van der Waals surface area (Å²) in [5, 5.41) is 4.06. The van der Waals surface area contributed by atoms with Crippen LogP contribution in [0.15, 0.2) is 91.0 Å². The van der Waals surface area contributed by atoms with E-state index in [1.165, 1.54) is 15.0 Å². The molecule has 0 unspecified atom stereocenters. The van der Waals surface area contributed by atoms with E-state index in [1.54, 1.807) is 0 Å². The summed E-state index contributed by atoms with van der Waals surface area (Å²) in [5.41, 5.74) is 2.10. The zero-order valence-corrected chi connectivity index (χ0v) is 16.1. The summed E-state index contributed by atoms with van der Waals surface area (Å²) in [5.74, 6) is 19.5. The molecule has 0 saturated carbocycles. The minimum atomic E-state index is 0.193. The van der Waals surface area contributed by atoms with Crippen molar-refractivity contribution in [2.75, 3.05) is 15.0 Å².